The van der Waals surface area contributed by atoms with Crippen molar-refractivity contribution in [3.05, 3.63) is 71.0 Å². The first kappa shape index (κ1) is 13.7. The fourth-order valence-corrected chi connectivity index (χ4v) is 3.70. The molecule has 0 heterocycles. The average molecular weight is 341 g/mol. The molecule has 0 aromatic heterocycles. The van der Waals surface area contributed by atoms with Crippen LogP contribution in [0.25, 0.3) is 0 Å². The predicted molar refractivity (Wildman–Crippen MR) is 75.3 cm³/mol. The summed E-state index contributed by atoms with van der Waals surface area (Å²) >= 11 is 3.49. The van der Waals surface area contributed by atoms with E-state index in [0.29, 0.717) is 6.07 Å². The van der Waals surface area contributed by atoms with E-state index in [1.165, 1.54) is 0 Å². The van der Waals surface area contributed by atoms with E-state index >= 15 is 0 Å². The molecule has 0 spiro atoms. The largest absolute Gasteiger partial charge is 0.207 e. The lowest BCUT2D eigenvalue weighted by atomic mass is 9.88. The third-order valence-electron chi connectivity index (χ3n) is 3.94. The van der Waals surface area contributed by atoms with Crippen LogP contribution < -0.4 is 0 Å². The number of halogens is 4. The number of rotatable bonds is 3. The molecule has 1 atom stereocenters. The lowest BCUT2D eigenvalue weighted by molar-refractivity contribution is 0.486. The summed E-state index contributed by atoms with van der Waals surface area (Å²) in [6, 6.07) is 11.3. The van der Waals surface area contributed by atoms with E-state index < -0.39 is 17.5 Å². The van der Waals surface area contributed by atoms with Crippen molar-refractivity contribution >= 4 is 15.9 Å². The third kappa shape index (κ3) is 2.16. The Kier molecular flexibility index (Phi) is 3.36. The standard InChI is InChI=1S/C16H12BrF3/c17-15(11-8-13(19)14(20)9-12(11)18)16(6-7-16)10-4-2-1-3-5-10/h1-5,8-9,15H,6-7H2. The van der Waals surface area contributed by atoms with Crippen molar-refractivity contribution in [2.45, 2.75) is 23.1 Å². The maximum absolute atomic E-state index is 13.9. The van der Waals surface area contributed by atoms with Gasteiger partial charge < -0.3 is 0 Å². The monoisotopic (exact) mass is 340 g/mol. The topological polar surface area (TPSA) is 0 Å². The Morgan fingerprint density at radius 2 is 1.50 bits per heavy atom. The quantitative estimate of drug-likeness (QED) is 0.527. The van der Waals surface area contributed by atoms with Crippen LogP contribution in [0.3, 0.4) is 0 Å². The number of alkyl halides is 1. The fourth-order valence-electron chi connectivity index (χ4n) is 2.62. The van der Waals surface area contributed by atoms with E-state index in [1.54, 1.807) is 0 Å². The maximum atomic E-state index is 13.9. The summed E-state index contributed by atoms with van der Waals surface area (Å²) in [6.45, 7) is 0. The van der Waals surface area contributed by atoms with Gasteiger partial charge >= 0.3 is 0 Å². The van der Waals surface area contributed by atoms with Gasteiger partial charge in [-0.25, -0.2) is 13.2 Å². The maximum Gasteiger partial charge on any atom is 0.161 e. The molecule has 0 radical (unpaired) electrons. The molecular weight excluding hydrogens is 329 g/mol. The Morgan fingerprint density at radius 3 is 2.10 bits per heavy atom. The highest BCUT2D eigenvalue weighted by atomic mass is 79.9. The second-order valence-electron chi connectivity index (χ2n) is 5.17. The SMILES string of the molecule is Fc1cc(F)c(C(Br)C2(c3ccccc3)CC2)cc1F. The van der Waals surface area contributed by atoms with Crippen LogP contribution in [-0.2, 0) is 5.41 Å². The minimum atomic E-state index is -1.16. The van der Waals surface area contributed by atoms with E-state index in [1.807, 2.05) is 30.3 Å². The highest BCUT2D eigenvalue weighted by Gasteiger charge is 2.51. The summed E-state index contributed by atoms with van der Waals surface area (Å²) in [5, 5.41) is 0. The lowest BCUT2D eigenvalue weighted by Crippen LogP contribution is -2.15. The highest BCUT2D eigenvalue weighted by Crippen LogP contribution is 2.60. The van der Waals surface area contributed by atoms with Gasteiger partial charge in [-0.2, -0.15) is 0 Å². The smallest absolute Gasteiger partial charge is 0.161 e. The first-order valence-corrected chi connectivity index (χ1v) is 7.30. The molecule has 2 aromatic carbocycles. The molecule has 0 amide bonds. The van der Waals surface area contributed by atoms with Crippen LogP contribution in [0.15, 0.2) is 42.5 Å². The van der Waals surface area contributed by atoms with Gasteiger partial charge in [0.25, 0.3) is 0 Å². The average Bonchev–Trinajstić information content (AvgIpc) is 3.25. The molecule has 0 nitrogen and oxygen atoms in total. The van der Waals surface area contributed by atoms with Crippen LogP contribution >= 0.6 is 15.9 Å². The summed E-state index contributed by atoms with van der Waals surface area (Å²) in [5.74, 6) is -2.89. The number of hydrogen-bond acceptors (Lipinski definition) is 0. The van der Waals surface area contributed by atoms with Crippen molar-refractivity contribution < 1.29 is 13.2 Å². The molecule has 1 saturated carbocycles. The first-order chi connectivity index (χ1) is 9.54. The van der Waals surface area contributed by atoms with Crippen LogP contribution in [0.2, 0.25) is 0 Å². The van der Waals surface area contributed by atoms with Gasteiger partial charge in [-0.15, -0.1) is 0 Å². The fraction of sp³-hybridized carbons (Fsp3) is 0.250. The molecule has 2 aromatic rings. The molecule has 1 unspecified atom stereocenters. The van der Waals surface area contributed by atoms with Gasteiger partial charge in [0, 0.05) is 17.0 Å². The van der Waals surface area contributed by atoms with Crippen molar-refractivity contribution in [1.29, 1.82) is 0 Å². The van der Waals surface area contributed by atoms with Gasteiger partial charge in [0.2, 0.25) is 0 Å². The molecule has 0 bridgehead atoms. The highest BCUT2D eigenvalue weighted by molar-refractivity contribution is 9.09. The summed E-state index contributed by atoms with van der Waals surface area (Å²) < 4.78 is 40.3. The second-order valence-corrected chi connectivity index (χ2v) is 6.09. The Labute approximate surface area is 123 Å². The summed E-state index contributed by atoms with van der Waals surface area (Å²) in [6.07, 6.45) is 1.79. The zero-order chi connectivity index (χ0) is 14.3. The van der Waals surface area contributed by atoms with E-state index in [4.69, 9.17) is 0 Å². The van der Waals surface area contributed by atoms with Crippen molar-refractivity contribution in [3.63, 3.8) is 0 Å². The van der Waals surface area contributed by atoms with Crippen LogP contribution in [-0.4, -0.2) is 0 Å². The molecule has 1 fully saturated rings. The summed E-state index contributed by atoms with van der Waals surface area (Å²) in [4.78, 5) is -0.368. The van der Waals surface area contributed by atoms with Crippen molar-refractivity contribution in [2.75, 3.05) is 0 Å². The molecule has 0 N–H and O–H groups in total. The van der Waals surface area contributed by atoms with Crippen molar-refractivity contribution in [1.82, 2.24) is 0 Å². The van der Waals surface area contributed by atoms with E-state index in [-0.39, 0.29) is 15.8 Å². The predicted octanol–water partition coefficient (Wildman–Crippen LogP) is 5.27. The van der Waals surface area contributed by atoms with Crippen LogP contribution in [0.1, 0.15) is 28.8 Å². The molecule has 0 aliphatic heterocycles. The van der Waals surface area contributed by atoms with Crippen LogP contribution in [0, 0.1) is 17.5 Å². The molecule has 3 rings (SSSR count). The third-order valence-corrected chi connectivity index (χ3v) is 5.30. The zero-order valence-electron chi connectivity index (χ0n) is 10.5. The molecule has 1 aliphatic carbocycles. The van der Waals surface area contributed by atoms with Crippen molar-refractivity contribution in [2.24, 2.45) is 0 Å². The van der Waals surface area contributed by atoms with Crippen LogP contribution in [0.5, 0.6) is 0 Å². The van der Waals surface area contributed by atoms with Gasteiger partial charge in [0.05, 0.1) is 4.83 Å². The minimum absolute atomic E-state index is 0.172. The van der Waals surface area contributed by atoms with E-state index in [0.717, 1.165) is 24.5 Å². The van der Waals surface area contributed by atoms with Gasteiger partial charge in [-0.1, -0.05) is 46.3 Å². The normalized spacial score (nSPS) is 17.8. The molecule has 20 heavy (non-hydrogen) atoms. The van der Waals surface area contributed by atoms with E-state index in [2.05, 4.69) is 15.9 Å². The van der Waals surface area contributed by atoms with Gasteiger partial charge in [0.1, 0.15) is 5.82 Å². The number of benzene rings is 2. The van der Waals surface area contributed by atoms with Crippen molar-refractivity contribution in [3.8, 4) is 0 Å². The van der Waals surface area contributed by atoms with Crippen LogP contribution in [0.4, 0.5) is 13.2 Å². The molecule has 4 heteroatoms. The summed E-state index contributed by atoms with van der Waals surface area (Å²) in [7, 11) is 0. The first-order valence-electron chi connectivity index (χ1n) is 6.39. The van der Waals surface area contributed by atoms with Gasteiger partial charge in [-0.05, 0) is 24.5 Å². The Hall–Kier alpha value is -1.29. The number of hydrogen-bond donors (Lipinski definition) is 0. The Morgan fingerprint density at radius 1 is 0.900 bits per heavy atom. The Balaban J connectivity index is 2.01. The molecular formula is C16H12BrF3. The molecule has 104 valence electrons. The zero-order valence-corrected chi connectivity index (χ0v) is 12.1. The van der Waals surface area contributed by atoms with Gasteiger partial charge in [0.15, 0.2) is 11.6 Å². The summed E-state index contributed by atoms with van der Waals surface area (Å²) in [5.41, 5.74) is 1.03. The van der Waals surface area contributed by atoms with Gasteiger partial charge in [-0.3, -0.25) is 0 Å². The molecule has 1 aliphatic rings. The van der Waals surface area contributed by atoms with E-state index in [9.17, 15) is 13.2 Å². The lowest BCUT2D eigenvalue weighted by Gasteiger charge is -2.23. The Bertz CT molecular complexity index is 636. The molecule has 0 saturated heterocycles. The minimum Gasteiger partial charge on any atom is -0.207 e. The second kappa shape index (κ2) is 4.92.